The Morgan fingerprint density at radius 3 is 2.49 bits per heavy atom. The lowest BCUT2D eigenvalue weighted by Gasteiger charge is -2.36. The number of hydrogen-bond acceptors (Lipinski definition) is 7. The van der Waals surface area contributed by atoms with E-state index in [1.165, 1.54) is 26.2 Å². The molecule has 2 aliphatic rings. The van der Waals surface area contributed by atoms with E-state index in [4.69, 9.17) is 0 Å². The topological polar surface area (TPSA) is 121 Å². The number of benzene rings is 1. The van der Waals surface area contributed by atoms with Crippen molar-refractivity contribution in [1.29, 1.82) is 0 Å². The van der Waals surface area contributed by atoms with Crippen molar-refractivity contribution in [3.8, 4) is 11.1 Å². The Morgan fingerprint density at radius 2 is 1.85 bits per heavy atom. The van der Waals surface area contributed by atoms with E-state index in [0.717, 1.165) is 33.8 Å². The number of anilines is 2. The lowest BCUT2D eigenvalue weighted by molar-refractivity contribution is -0.129. The number of rotatable bonds is 6. The molecular weight excluding hydrogens is 563 g/mol. The molecule has 3 aromatic rings. The smallest absolute Gasteiger partial charge is 0.301 e. The van der Waals surface area contributed by atoms with Crippen LogP contribution in [0.25, 0.3) is 22.2 Å². The number of aromatic nitrogens is 3. The number of fused-ring (bicyclic) bond motifs is 1. The van der Waals surface area contributed by atoms with Gasteiger partial charge in [-0.15, -0.1) is 0 Å². The second-order valence-corrected chi connectivity index (χ2v) is 12.0. The highest BCUT2D eigenvalue weighted by molar-refractivity contribution is 7.90. The number of pyridine rings is 1. The number of piperidine rings is 1. The summed E-state index contributed by atoms with van der Waals surface area (Å²) in [6.45, 7) is 2.31. The number of likely N-dealkylation sites (tertiary alicyclic amines) is 1. The van der Waals surface area contributed by atoms with Gasteiger partial charge in [-0.25, -0.2) is 18.2 Å². The number of nitrogens with zero attached hydrogens (tertiary/aromatic N) is 6. The zero-order valence-corrected chi connectivity index (χ0v) is 23.6. The van der Waals surface area contributed by atoms with E-state index < -0.39 is 44.8 Å². The molecule has 2 aliphatic heterocycles. The third-order valence-electron chi connectivity index (χ3n) is 7.74. The first-order valence-electron chi connectivity index (χ1n) is 13.1. The maximum atomic E-state index is 15.6. The molecule has 11 nitrogen and oxygen atoms in total. The molecule has 15 heteroatoms. The SMILES string of the molecule is CC(=O)N1CCC(N(C)c2ncc3cc(-c4c(F)ccc(NS(=O)(=O)N5CC[C@@H](F)C5)c4F)c(=O)n(C)c3n2)CC1. The van der Waals surface area contributed by atoms with Crippen LogP contribution in [0.4, 0.5) is 24.8 Å². The number of halogens is 3. The predicted octanol–water partition coefficient (Wildman–Crippen LogP) is 2.42. The molecule has 0 aliphatic carbocycles. The first-order chi connectivity index (χ1) is 19.4. The molecule has 1 aromatic carbocycles. The van der Waals surface area contributed by atoms with Crippen molar-refractivity contribution in [1.82, 2.24) is 23.7 Å². The highest BCUT2D eigenvalue weighted by atomic mass is 32.2. The van der Waals surface area contributed by atoms with Crippen LogP contribution in [0.3, 0.4) is 0 Å². The van der Waals surface area contributed by atoms with E-state index in [1.54, 1.807) is 4.90 Å². The molecule has 0 saturated carbocycles. The van der Waals surface area contributed by atoms with Gasteiger partial charge < -0.3 is 9.80 Å². The summed E-state index contributed by atoms with van der Waals surface area (Å²) in [6, 6.07) is 3.10. The number of carbonyl (C=O) groups is 1. The van der Waals surface area contributed by atoms with Crippen LogP contribution in [-0.2, 0) is 22.1 Å². The average molecular weight is 594 g/mol. The number of alkyl halides is 1. The van der Waals surface area contributed by atoms with Crippen LogP contribution in [0.1, 0.15) is 26.2 Å². The Hall–Kier alpha value is -3.72. The molecular formula is C26H30F3N7O4S. The summed E-state index contributed by atoms with van der Waals surface area (Å²) in [5.41, 5.74) is -2.14. The van der Waals surface area contributed by atoms with Gasteiger partial charge >= 0.3 is 10.2 Å². The maximum Gasteiger partial charge on any atom is 0.301 e. The summed E-state index contributed by atoms with van der Waals surface area (Å²) in [7, 11) is -1.07. The van der Waals surface area contributed by atoms with Crippen LogP contribution in [0.2, 0.25) is 0 Å². The fraction of sp³-hybridized carbons (Fsp3) is 0.462. The molecule has 0 spiro atoms. The summed E-state index contributed by atoms with van der Waals surface area (Å²) in [4.78, 5) is 37.6. The van der Waals surface area contributed by atoms with E-state index in [9.17, 15) is 26.8 Å². The molecule has 4 heterocycles. The lowest BCUT2D eigenvalue weighted by atomic mass is 10.0. The lowest BCUT2D eigenvalue weighted by Crippen LogP contribution is -2.45. The van der Waals surface area contributed by atoms with Gasteiger partial charge in [0.05, 0.1) is 16.8 Å². The minimum Gasteiger partial charge on any atom is -0.343 e. The fourth-order valence-electron chi connectivity index (χ4n) is 5.31. The standard InChI is InChI=1S/C26H30F3N7O4S/c1-15(37)35-9-7-18(8-10-35)33(2)26-30-13-16-12-19(25(38)34(3)24(16)31-26)22-20(28)4-5-21(23(22)29)32-41(39,40)36-11-6-17(27)14-36/h4-5,12-13,17-18,32H,6-11,14H2,1-3H3/t17-/m1/s1. The molecule has 220 valence electrons. The molecule has 2 fully saturated rings. The maximum absolute atomic E-state index is 15.6. The summed E-state index contributed by atoms with van der Waals surface area (Å²) in [5, 5.41) is 0.335. The van der Waals surface area contributed by atoms with Crippen molar-refractivity contribution in [2.45, 2.75) is 38.4 Å². The molecule has 2 aromatic heterocycles. The van der Waals surface area contributed by atoms with E-state index in [0.29, 0.717) is 24.4 Å². The number of carbonyl (C=O) groups excluding carboxylic acids is 1. The fourth-order valence-corrected chi connectivity index (χ4v) is 6.57. The molecule has 41 heavy (non-hydrogen) atoms. The second kappa shape index (κ2) is 10.9. The second-order valence-electron chi connectivity index (χ2n) is 10.4. The Balaban J connectivity index is 1.47. The number of amides is 1. The van der Waals surface area contributed by atoms with Crippen molar-refractivity contribution in [2.24, 2.45) is 7.05 Å². The van der Waals surface area contributed by atoms with Gasteiger partial charge in [-0.1, -0.05) is 0 Å². The van der Waals surface area contributed by atoms with Crippen LogP contribution in [-0.4, -0.2) is 83.5 Å². The summed E-state index contributed by atoms with van der Waals surface area (Å²) in [5.74, 6) is -1.97. The number of hydrogen-bond donors (Lipinski definition) is 1. The van der Waals surface area contributed by atoms with E-state index in [2.05, 4.69) is 9.97 Å². The van der Waals surface area contributed by atoms with Gasteiger partial charge in [-0.3, -0.25) is 18.9 Å². The summed E-state index contributed by atoms with van der Waals surface area (Å²) < 4.78 is 73.5. The van der Waals surface area contributed by atoms with Crippen molar-refractivity contribution in [3.05, 3.63) is 46.4 Å². The van der Waals surface area contributed by atoms with Gasteiger partial charge in [0.25, 0.3) is 5.56 Å². The first-order valence-corrected chi connectivity index (χ1v) is 14.6. The van der Waals surface area contributed by atoms with Crippen molar-refractivity contribution in [3.63, 3.8) is 0 Å². The summed E-state index contributed by atoms with van der Waals surface area (Å²) >= 11 is 0. The van der Waals surface area contributed by atoms with Gasteiger partial charge in [-0.05, 0) is 37.5 Å². The van der Waals surface area contributed by atoms with Crippen LogP contribution in [0.15, 0.2) is 29.2 Å². The third-order valence-corrected chi connectivity index (χ3v) is 9.23. The van der Waals surface area contributed by atoms with Gasteiger partial charge in [0.1, 0.15) is 17.6 Å². The van der Waals surface area contributed by atoms with Gasteiger partial charge in [-0.2, -0.15) is 17.7 Å². The average Bonchev–Trinajstić information content (AvgIpc) is 3.40. The minimum atomic E-state index is -4.31. The Labute approximate surface area is 234 Å². The molecule has 5 rings (SSSR count). The van der Waals surface area contributed by atoms with Crippen LogP contribution in [0.5, 0.6) is 0 Å². The number of nitrogens with one attached hydrogen (secondary N) is 1. The largest absolute Gasteiger partial charge is 0.343 e. The van der Waals surface area contributed by atoms with E-state index in [1.807, 2.05) is 16.7 Å². The zero-order chi connectivity index (χ0) is 29.6. The monoisotopic (exact) mass is 593 g/mol. The molecule has 1 N–H and O–H groups in total. The van der Waals surface area contributed by atoms with Crippen LogP contribution >= 0.6 is 0 Å². The Kier molecular flexibility index (Phi) is 7.68. The Bertz CT molecular complexity index is 1680. The van der Waals surface area contributed by atoms with E-state index in [-0.39, 0.29) is 42.7 Å². The van der Waals surface area contributed by atoms with Crippen molar-refractivity contribution >= 4 is 38.8 Å². The highest BCUT2D eigenvalue weighted by Crippen LogP contribution is 2.32. The van der Waals surface area contributed by atoms with Crippen LogP contribution < -0.4 is 15.2 Å². The van der Waals surface area contributed by atoms with Gasteiger partial charge in [0, 0.05) is 64.8 Å². The van der Waals surface area contributed by atoms with Crippen LogP contribution in [0, 0.1) is 11.6 Å². The predicted molar refractivity (Wildman–Crippen MR) is 147 cm³/mol. The summed E-state index contributed by atoms with van der Waals surface area (Å²) in [6.07, 6.45) is 1.58. The normalized spacial score (nSPS) is 18.7. The van der Waals surface area contributed by atoms with Gasteiger partial charge in [0.15, 0.2) is 5.82 Å². The quantitative estimate of drug-likeness (QED) is 0.466. The molecule has 0 bridgehead atoms. The van der Waals surface area contributed by atoms with Gasteiger partial charge in [0.2, 0.25) is 11.9 Å². The zero-order valence-electron chi connectivity index (χ0n) is 22.8. The highest BCUT2D eigenvalue weighted by Gasteiger charge is 2.33. The van der Waals surface area contributed by atoms with Crippen molar-refractivity contribution < 1.29 is 26.4 Å². The molecule has 1 amide bonds. The molecule has 0 unspecified atom stereocenters. The Morgan fingerprint density at radius 1 is 1.15 bits per heavy atom. The third kappa shape index (κ3) is 5.47. The molecule has 0 radical (unpaired) electrons. The van der Waals surface area contributed by atoms with E-state index >= 15 is 4.39 Å². The number of aryl methyl sites for hydroxylation is 1. The minimum absolute atomic E-state index is 0.0178. The molecule has 2 saturated heterocycles. The molecule has 1 atom stereocenters. The van der Waals surface area contributed by atoms with Crippen molar-refractivity contribution in [2.75, 3.05) is 42.8 Å². The first kappa shape index (κ1) is 28.8.